The normalized spacial score (nSPS) is 11.6. The fourth-order valence-electron chi connectivity index (χ4n) is 14.0. The van der Waals surface area contributed by atoms with E-state index in [1.807, 2.05) is 0 Å². The molecule has 0 N–H and O–H groups in total. The van der Waals surface area contributed by atoms with E-state index in [-0.39, 0.29) is 0 Å². The summed E-state index contributed by atoms with van der Waals surface area (Å²) >= 11 is 0. The second-order valence-corrected chi connectivity index (χ2v) is 29.4. The Morgan fingerprint density at radius 1 is 0.123 bits per heavy atom. The van der Waals surface area contributed by atoms with Crippen LogP contribution in [0.3, 0.4) is 0 Å². The van der Waals surface area contributed by atoms with Crippen LogP contribution in [0, 0.1) is 0 Å². The minimum absolute atomic E-state index is 0.579. The Kier molecular flexibility index (Phi) is 39.1. The predicted octanol–water partition coefficient (Wildman–Crippen LogP) is 28.1. The van der Waals surface area contributed by atoms with Gasteiger partial charge in [-0.25, -0.2) is 0 Å². The lowest BCUT2D eigenvalue weighted by Gasteiger charge is -2.21. The molecule has 8 rings (SSSR count). The maximum absolute atomic E-state index is 6.93. The highest BCUT2D eigenvalue weighted by molar-refractivity contribution is 6.28. The van der Waals surface area contributed by atoms with E-state index >= 15 is 0 Å². The number of fused-ring (bicyclic) bond motifs is 12. The fourth-order valence-corrected chi connectivity index (χ4v) is 14.0. The molecule has 0 saturated heterocycles. The molecule has 0 unspecified atom stereocenters. The molecule has 0 aliphatic carbocycles. The van der Waals surface area contributed by atoms with Gasteiger partial charge in [-0.1, -0.05) is 223 Å². The van der Waals surface area contributed by atoms with Gasteiger partial charge in [0.15, 0.2) is 69.0 Å². The Labute approximate surface area is 639 Å². The highest BCUT2D eigenvalue weighted by atomic mass is 16.5. The molecule has 0 aromatic heterocycles. The van der Waals surface area contributed by atoms with E-state index in [1.165, 1.54) is 0 Å². The Bertz CT molecular complexity index is 3480. The summed E-state index contributed by atoms with van der Waals surface area (Å²) in [4.78, 5) is 0. The first-order valence-corrected chi connectivity index (χ1v) is 42.9. The van der Waals surface area contributed by atoms with Gasteiger partial charge in [0.2, 0.25) is 0 Å². The van der Waals surface area contributed by atoms with Crippen molar-refractivity contribution < 1.29 is 56.8 Å². The molecular weight excluding hydrogens is 1320 g/mol. The first kappa shape index (κ1) is 84.5. The van der Waals surface area contributed by atoms with Crippen molar-refractivity contribution in [1.82, 2.24) is 0 Å². The summed E-state index contributed by atoms with van der Waals surface area (Å²) in [5.41, 5.74) is 0. The van der Waals surface area contributed by atoms with E-state index in [4.69, 9.17) is 56.8 Å². The van der Waals surface area contributed by atoms with E-state index in [0.29, 0.717) is 79.3 Å². The van der Waals surface area contributed by atoms with E-state index in [2.05, 4.69) is 142 Å². The number of unbranched alkanes of at least 4 members (excludes halogenated alkanes) is 25. The van der Waals surface area contributed by atoms with Crippen molar-refractivity contribution in [1.29, 1.82) is 0 Å². The standard InChI is InChI=1S/C94H138O12/c1-11-21-35-47-95-83-59-71-73-61-85(97-49-37-23-13-3)89(101-53-41-27-17-7)65-77(73)81-69-93(91(103-55-43-29-19-9)67-79(81)75(71)63-87(83)99-51-39-25-15-5)105-57-45-33-31-32-34-46-58-106-94-70-82-78-66-90(102-54-42-28-18-8)86(98-50-38-24-14-4)62-74(78)72-60-84(96-48-36-22-12-2)88(100-52-40-26-16-6)64-76(72)80(82)68-92(94)104-56-44-30-20-10/h59-70H,11-58H2,1-10H3. The van der Waals surface area contributed by atoms with E-state index in [1.54, 1.807) is 0 Å². The molecule has 106 heavy (non-hydrogen) atoms. The van der Waals surface area contributed by atoms with Crippen LogP contribution in [0.1, 0.15) is 300 Å². The number of ether oxygens (including phenoxy) is 12. The average molecular weight is 1460 g/mol. The van der Waals surface area contributed by atoms with Crippen molar-refractivity contribution in [2.24, 2.45) is 0 Å². The van der Waals surface area contributed by atoms with Crippen LogP contribution in [-0.2, 0) is 0 Å². The van der Waals surface area contributed by atoms with Crippen LogP contribution in [0.5, 0.6) is 69.0 Å². The van der Waals surface area contributed by atoms with Gasteiger partial charge in [-0.15, -0.1) is 0 Å². The second-order valence-electron chi connectivity index (χ2n) is 29.4. The molecule has 0 bridgehead atoms. The monoisotopic (exact) mass is 1460 g/mol. The predicted molar refractivity (Wildman–Crippen MR) is 447 cm³/mol. The van der Waals surface area contributed by atoms with Crippen molar-refractivity contribution in [3.05, 3.63) is 72.8 Å². The highest BCUT2D eigenvalue weighted by Gasteiger charge is 2.24. The summed E-state index contributed by atoms with van der Waals surface area (Å²) in [5.74, 6) is 9.32. The molecule has 0 amide bonds. The first-order valence-electron chi connectivity index (χ1n) is 42.9. The van der Waals surface area contributed by atoms with E-state index in [9.17, 15) is 0 Å². The molecule has 8 aromatic rings. The largest absolute Gasteiger partial charge is 0.490 e. The second kappa shape index (κ2) is 49.1. The van der Waals surface area contributed by atoms with Crippen LogP contribution in [0.2, 0.25) is 0 Å². The maximum Gasteiger partial charge on any atom is 0.161 e. The third-order valence-electron chi connectivity index (χ3n) is 20.4. The third kappa shape index (κ3) is 25.8. The van der Waals surface area contributed by atoms with Crippen molar-refractivity contribution in [2.45, 2.75) is 300 Å². The number of hydrogen-bond donors (Lipinski definition) is 0. The number of rotatable bonds is 61. The van der Waals surface area contributed by atoms with Crippen LogP contribution in [-0.4, -0.2) is 79.3 Å². The van der Waals surface area contributed by atoms with Crippen molar-refractivity contribution in [3.63, 3.8) is 0 Å². The average Bonchev–Trinajstić information content (AvgIpc) is 0.733. The van der Waals surface area contributed by atoms with Crippen LogP contribution in [0.25, 0.3) is 64.6 Å². The molecule has 12 heteroatoms. The molecule has 0 spiro atoms. The zero-order valence-corrected chi connectivity index (χ0v) is 67.8. The van der Waals surface area contributed by atoms with Gasteiger partial charge in [0.1, 0.15) is 0 Å². The van der Waals surface area contributed by atoms with Crippen LogP contribution >= 0.6 is 0 Å². The lowest BCUT2D eigenvalue weighted by Crippen LogP contribution is -2.05. The molecule has 0 radical (unpaired) electrons. The van der Waals surface area contributed by atoms with Crippen molar-refractivity contribution >= 4 is 64.6 Å². The SMILES string of the molecule is CCCCCOc1cc2c3cc(OCCCCC)c(OCCCCC)cc3c3cc(OCCCCCCCCOc4cc5c6cc(OCCCCC)c(OCCCCC)cc6c6cc(OCCCCC)c(OCCCCC)cc6c5cc4OCCCCC)c(OCCCCC)cc3c2cc1OCCCCC. The summed E-state index contributed by atoms with van der Waals surface area (Å²) in [7, 11) is 0. The summed E-state index contributed by atoms with van der Waals surface area (Å²) in [5, 5.41) is 13.0. The molecule has 12 nitrogen and oxygen atoms in total. The van der Waals surface area contributed by atoms with Gasteiger partial charge in [-0.3, -0.25) is 0 Å². The van der Waals surface area contributed by atoms with Gasteiger partial charge in [0, 0.05) is 0 Å². The van der Waals surface area contributed by atoms with E-state index < -0.39 is 0 Å². The molecule has 0 aliphatic rings. The van der Waals surface area contributed by atoms with E-state index in [0.717, 1.165) is 365 Å². The Morgan fingerprint density at radius 2 is 0.208 bits per heavy atom. The Balaban J connectivity index is 1.06. The first-order chi connectivity index (χ1) is 52.3. The van der Waals surface area contributed by atoms with Crippen LogP contribution in [0.4, 0.5) is 0 Å². The Hall–Kier alpha value is -7.08. The summed E-state index contributed by atoms with van der Waals surface area (Å²) in [6.45, 7) is 29.8. The minimum atomic E-state index is 0.579. The molecule has 0 aliphatic heterocycles. The zero-order chi connectivity index (χ0) is 74.8. The minimum Gasteiger partial charge on any atom is -0.490 e. The van der Waals surface area contributed by atoms with Gasteiger partial charge in [0.05, 0.1) is 79.3 Å². The number of benzene rings is 8. The number of hydrogen-bond acceptors (Lipinski definition) is 12. The van der Waals surface area contributed by atoms with Gasteiger partial charge < -0.3 is 56.8 Å². The lowest BCUT2D eigenvalue weighted by atomic mass is 9.93. The molecule has 0 saturated carbocycles. The summed E-state index contributed by atoms with van der Waals surface area (Å²) in [6.07, 6.45) is 38.2. The fraction of sp³-hybridized carbons (Fsp3) is 0.617. The molecular formula is C94H138O12. The van der Waals surface area contributed by atoms with Gasteiger partial charge in [0.25, 0.3) is 0 Å². The molecule has 0 fully saturated rings. The quantitative estimate of drug-likeness (QED) is 0.0267. The lowest BCUT2D eigenvalue weighted by molar-refractivity contribution is 0.256. The third-order valence-corrected chi connectivity index (χ3v) is 20.4. The molecule has 8 aromatic carbocycles. The van der Waals surface area contributed by atoms with Crippen molar-refractivity contribution in [3.8, 4) is 69.0 Å². The van der Waals surface area contributed by atoms with Crippen molar-refractivity contribution in [2.75, 3.05) is 79.3 Å². The smallest absolute Gasteiger partial charge is 0.161 e. The molecule has 0 heterocycles. The summed E-state index contributed by atoms with van der Waals surface area (Å²) < 4.78 is 81.0. The zero-order valence-electron chi connectivity index (χ0n) is 67.8. The summed E-state index contributed by atoms with van der Waals surface area (Å²) in [6, 6.07) is 26.7. The van der Waals surface area contributed by atoms with Crippen LogP contribution in [0.15, 0.2) is 72.8 Å². The maximum atomic E-state index is 6.93. The topological polar surface area (TPSA) is 111 Å². The molecule has 586 valence electrons. The van der Waals surface area contributed by atoms with Gasteiger partial charge in [-0.2, -0.15) is 0 Å². The van der Waals surface area contributed by atoms with Gasteiger partial charge in [-0.05, 0) is 214 Å². The highest BCUT2D eigenvalue weighted by Crippen LogP contribution is 2.50. The Morgan fingerprint density at radius 3 is 0.302 bits per heavy atom. The van der Waals surface area contributed by atoms with Crippen LogP contribution < -0.4 is 56.8 Å². The molecule has 0 atom stereocenters. The van der Waals surface area contributed by atoms with Gasteiger partial charge >= 0.3 is 0 Å².